The molecule has 1 heterocycles. The van der Waals surface area contributed by atoms with Gasteiger partial charge in [-0.25, -0.2) is 0 Å². The molecule has 5 heteroatoms. The van der Waals surface area contributed by atoms with Crippen molar-refractivity contribution in [3.05, 3.63) is 52.2 Å². The summed E-state index contributed by atoms with van der Waals surface area (Å²) in [4.78, 5) is 13.4. The van der Waals surface area contributed by atoms with Crippen molar-refractivity contribution in [1.82, 2.24) is 5.32 Å². The second-order valence-electron chi connectivity index (χ2n) is 6.82. The van der Waals surface area contributed by atoms with E-state index in [1.54, 1.807) is 11.3 Å². The largest absolute Gasteiger partial charge is 0.376 e. The van der Waals surface area contributed by atoms with Crippen LogP contribution in [-0.2, 0) is 4.79 Å². The highest BCUT2D eigenvalue weighted by atomic mass is 32.1. The highest BCUT2D eigenvalue weighted by Crippen LogP contribution is 2.26. The fraction of sp³-hybridized carbons (Fsp3) is 0.364. The zero-order valence-corrected chi connectivity index (χ0v) is 16.1. The van der Waals surface area contributed by atoms with Gasteiger partial charge in [-0.1, -0.05) is 49.7 Å². The number of amides is 1. The maximum Gasteiger partial charge on any atom is 0.240 e. The fourth-order valence-corrected chi connectivity index (χ4v) is 3.85. The SMILES string of the molecule is N#CC1(NC(=O)CNc2cccc(C#Cc3cccs3)c2)CCCCCC1. The number of carbonyl (C=O) groups is 1. The molecule has 0 saturated heterocycles. The van der Waals surface area contributed by atoms with Gasteiger partial charge in [-0.2, -0.15) is 5.26 Å². The van der Waals surface area contributed by atoms with Gasteiger partial charge in [0.1, 0.15) is 5.54 Å². The highest BCUT2D eigenvalue weighted by molar-refractivity contribution is 7.10. The Morgan fingerprint density at radius 2 is 1.93 bits per heavy atom. The summed E-state index contributed by atoms with van der Waals surface area (Å²) in [5.74, 6) is 6.13. The molecule has 1 saturated carbocycles. The van der Waals surface area contributed by atoms with Gasteiger partial charge in [-0.15, -0.1) is 11.3 Å². The molecule has 0 radical (unpaired) electrons. The summed E-state index contributed by atoms with van der Waals surface area (Å²) < 4.78 is 0. The van der Waals surface area contributed by atoms with Gasteiger partial charge >= 0.3 is 0 Å². The molecule has 0 atom stereocenters. The van der Waals surface area contributed by atoms with Crippen LogP contribution in [0.1, 0.15) is 49.0 Å². The van der Waals surface area contributed by atoms with Crippen molar-refractivity contribution in [2.24, 2.45) is 0 Å². The Hall–Kier alpha value is -2.76. The Labute approximate surface area is 164 Å². The molecule has 1 aliphatic carbocycles. The summed E-state index contributed by atoms with van der Waals surface area (Å²) in [6.07, 6.45) is 5.73. The third kappa shape index (κ3) is 5.61. The van der Waals surface area contributed by atoms with Gasteiger partial charge in [0.2, 0.25) is 5.91 Å². The minimum absolute atomic E-state index is 0.144. The minimum Gasteiger partial charge on any atom is -0.376 e. The molecule has 1 aliphatic rings. The number of nitrogens with zero attached hydrogens (tertiary/aromatic N) is 1. The number of rotatable bonds is 4. The molecule has 1 aromatic heterocycles. The quantitative estimate of drug-likeness (QED) is 0.617. The second kappa shape index (κ2) is 9.26. The van der Waals surface area contributed by atoms with E-state index in [1.165, 1.54) is 0 Å². The monoisotopic (exact) mass is 377 g/mol. The Morgan fingerprint density at radius 1 is 1.11 bits per heavy atom. The number of hydrogen-bond acceptors (Lipinski definition) is 4. The fourth-order valence-electron chi connectivity index (χ4n) is 3.28. The summed E-state index contributed by atoms with van der Waals surface area (Å²) in [6.45, 7) is 0.144. The van der Waals surface area contributed by atoms with E-state index in [0.29, 0.717) is 0 Å². The van der Waals surface area contributed by atoms with Crippen LogP contribution in [-0.4, -0.2) is 18.0 Å². The van der Waals surface area contributed by atoms with Crippen molar-refractivity contribution in [3.8, 4) is 17.9 Å². The number of nitrogens with one attached hydrogen (secondary N) is 2. The maximum atomic E-state index is 12.4. The molecule has 1 fully saturated rings. The van der Waals surface area contributed by atoms with E-state index in [9.17, 15) is 10.1 Å². The van der Waals surface area contributed by atoms with E-state index < -0.39 is 5.54 Å². The predicted octanol–water partition coefficient (Wildman–Crippen LogP) is 4.29. The molecule has 0 spiro atoms. The molecule has 138 valence electrons. The van der Waals surface area contributed by atoms with E-state index in [4.69, 9.17) is 0 Å². The average molecular weight is 378 g/mol. The van der Waals surface area contributed by atoms with Crippen LogP contribution in [0.25, 0.3) is 0 Å². The van der Waals surface area contributed by atoms with Crippen LogP contribution in [0.15, 0.2) is 41.8 Å². The van der Waals surface area contributed by atoms with Gasteiger partial charge in [0, 0.05) is 11.3 Å². The summed E-state index contributed by atoms with van der Waals surface area (Å²) >= 11 is 1.61. The molecule has 2 N–H and O–H groups in total. The first kappa shape index (κ1) is 19.0. The number of hydrogen-bond donors (Lipinski definition) is 2. The van der Waals surface area contributed by atoms with Crippen molar-refractivity contribution >= 4 is 22.9 Å². The van der Waals surface area contributed by atoms with Gasteiger partial charge < -0.3 is 10.6 Å². The minimum atomic E-state index is -0.705. The van der Waals surface area contributed by atoms with E-state index in [0.717, 1.165) is 54.7 Å². The predicted molar refractivity (Wildman–Crippen MR) is 109 cm³/mol. The van der Waals surface area contributed by atoms with Crippen molar-refractivity contribution < 1.29 is 4.79 Å². The standard InChI is InChI=1S/C22H23N3OS/c23-17-22(12-3-1-2-4-13-22)25-21(26)16-24-19-8-5-7-18(15-19)10-11-20-9-6-14-27-20/h5-9,14-15,24H,1-4,12-13,16H2,(H,25,26). The number of thiophene rings is 1. The second-order valence-corrected chi connectivity index (χ2v) is 7.77. The average Bonchev–Trinajstić information content (AvgIpc) is 3.11. The summed E-state index contributed by atoms with van der Waals surface area (Å²) in [5, 5.41) is 17.7. The number of nitriles is 1. The maximum absolute atomic E-state index is 12.4. The molecule has 0 unspecified atom stereocenters. The Bertz CT molecular complexity index is 863. The third-order valence-corrected chi connectivity index (χ3v) is 5.50. The number of anilines is 1. The molecular formula is C22H23N3OS. The lowest BCUT2D eigenvalue weighted by atomic mass is 9.92. The normalized spacial score (nSPS) is 15.5. The van der Waals surface area contributed by atoms with E-state index in [2.05, 4.69) is 28.5 Å². The summed E-state index contributed by atoms with van der Waals surface area (Å²) in [5.41, 5.74) is 1.03. The lowest BCUT2D eigenvalue weighted by Crippen LogP contribution is -2.48. The van der Waals surface area contributed by atoms with Gasteiger partial charge in [0.05, 0.1) is 17.5 Å². The smallest absolute Gasteiger partial charge is 0.240 e. The molecule has 27 heavy (non-hydrogen) atoms. The van der Waals surface area contributed by atoms with Gasteiger partial charge in [-0.05, 0) is 42.5 Å². The molecule has 1 aromatic carbocycles. The third-order valence-electron chi connectivity index (χ3n) is 4.72. The van der Waals surface area contributed by atoms with Crippen LogP contribution in [0.3, 0.4) is 0 Å². The van der Waals surface area contributed by atoms with E-state index in [1.807, 2.05) is 41.8 Å². The Kier molecular flexibility index (Phi) is 6.52. The molecule has 3 rings (SSSR count). The highest BCUT2D eigenvalue weighted by Gasteiger charge is 2.32. The van der Waals surface area contributed by atoms with Crippen LogP contribution in [0, 0.1) is 23.2 Å². The topological polar surface area (TPSA) is 64.9 Å². The van der Waals surface area contributed by atoms with E-state index >= 15 is 0 Å². The van der Waals surface area contributed by atoms with Crippen LogP contribution >= 0.6 is 11.3 Å². The van der Waals surface area contributed by atoms with Gasteiger partial charge in [0.15, 0.2) is 0 Å². The lowest BCUT2D eigenvalue weighted by Gasteiger charge is -2.26. The summed E-state index contributed by atoms with van der Waals surface area (Å²) in [6, 6.07) is 14.0. The number of carbonyl (C=O) groups excluding carboxylic acids is 1. The Morgan fingerprint density at radius 3 is 2.63 bits per heavy atom. The zero-order chi connectivity index (χ0) is 19.0. The van der Waals surface area contributed by atoms with Crippen molar-refractivity contribution in [3.63, 3.8) is 0 Å². The van der Waals surface area contributed by atoms with E-state index in [-0.39, 0.29) is 12.5 Å². The molecular weight excluding hydrogens is 354 g/mol. The Balaban J connectivity index is 1.57. The molecule has 4 nitrogen and oxygen atoms in total. The first-order chi connectivity index (χ1) is 13.2. The van der Waals surface area contributed by atoms with Crippen LogP contribution in [0.5, 0.6) is 0 Å². The van der Waals surface area contributed by atoms with Gasteiger partial charge in [0.25, 0.3) is 0 Å². The molecule has 0 bridgehead atoms. The summed E-state index contributed by atoms with van der Waals surface area (Å²) in [7, 11) is 0. The molecule has 1 amide bonds. The first-order valence-electron chi connectivity index (χ1n) is 9.31. The first-order valence-corrected chi connectivity index (χ1v) is 10.2. The zero-order valence-electron chi connectivity index (χ0n) is 15.3. The van der Waals surface area contributed by atoms with Crippen molar-refractivity contribution in [2.45, 2.75) is 44.1 Å². The van der Waals surface area contributed by atoms with Crippen molar-refractivity contribution in [1.29, 1.82) is 5.26 Å². The van der Waals surface area contributed by atoms with Crippen LogP contribution < -0.4 is 10.6 Å². The number of benzene rings is 1. The van der Waals surface area contributed by atoms with Crippen molar-refractivity contribution in [2.75, 3.05) is 11.9 Å². The lowest BCUT2D eigenvalue weighted by molar-refractivity contribution is -0.120. The molecule has 2 aromatic rings. The van der Waals surface area contributed by atoms with Crippen LogP contribution in [0.2, 0.25) is 0 Å². The molecule has 0 aliphatic heterocycles. The van der Waals surface area contributed by atoms with Crippen LogP contribution in [0.4, 0.5) is 5.69 Å². The van der Waals surface area contributed by atoms with Gasteiger partial charge in [-0.3, -0.25) is 4.79 Å².